The SMILES string of the molecule is CCCCC(C)Nc1c(Cl)ccc2scnc12. The summed E-state index contributed by atoms with van der Waals surface area (Å²) in [6.07, 6.45) is 3.62. The lowest BCUT2D eigenvalue weighted by molar-refractivity contribution is 0.645. The van der Waals surface area contributed by atoms with Crippen molar-refractivity contribution in [3.8, 4) is 0 Å². The van der Waals surface area contributed by atoms with E-state index in [4.69, 9.17) is 11.6 Å². The van der Waals surface area contributed by atoms with Gasteiger partial charge in [0.25, 0.3) is 0 Å². The predicted octanol–water partition coefficient (Wildman–Crippen LogP) is 4.94. The monoisotopic (exact) mass is 268 g/mol. The van der Waals surface area contributed by atoms with Crippen molar-refractivity contribution in [3.63, 3.8) is 0 Å². The van der Waals surface area contributed by atoms with Crippen molar-refractivity contribution >= 4 is 38.8 Å². The molecule has 1 aromatic heterocycles. The fourth-order valence-electron chi connectivity index (χ4n) is 1.87. The molecule has 2 nitrogen and oxygen atoms in total. The van der Waals surface area contributed by atoms with E-state index in [1.54, 1.807) is 11.3 Å². The van der Waals surface area contributed by atoms with E-state index >= 15 is 0 Å². The topological polar surface area (TPSA) is 24.9 Å². The molecular weight excluding hydrogens is 252 g/mol. The zero-order valence-corrected chi connectivity index (χ0v) is 11.7. The van der Waals surface area contributed by atoms with E-state index in [-0.39, 0.29) is 0 Å². The van der Waals surface area contributed by atoms with Gasteiger partial charge < -0.3 is 5.32 Å². The number of nitrogens with one attached hydrogen (secondary N) is 1. The first-order valence-electron chi connectivity index (χ1n) is 6.00. The number of fused-ring (bicyclic) bond motifs is 1. The molecule has 0 fully saturated rings. The van der Waals surface area contributed by atoms with E-state index in [9.17, 15) is 0 Å². The second-order valence-electron chi connectivity index (χ2n) is 4.31. The summed E-state index contributed by atoms with van der Waals surface area (Å²) in [6.45, 7) is 4.40. The number of nitrogens with zero attached hydrogens (tertiary/aromatic N) is 1. The van der Waals surface area contributed by atoms with Gasteiger partial charge in [-0.2, -0.15) is 0 Å². The Morgan fingerprint density at radius 2 is 2.29 bits per heavy atom. The van der Waals surface area contributed by atoms with Crippen molar-refractivity contribution in [1.29, 1.82) is 0 Å². The van der Waals surface area contributed by atoms with Crippen LogP contribution in [0.5, 0.6) is 0 Å². The van der Waals surface area contributed by atoms with Crippen LogP contribution in [0.4, 0.5) is 5.69 Å². The second kappa shape index (κ2) is 5.69. The van der Waals surface area contributed by atoms with Gasteiger partial charge in [0.1, 0.15) is 5.52 Å². The molecule has 0 saturated carbocycles. The summed E-state index contributed by atoms with van der Waals surface area (Å²) in [5.74, 6) is 0. The van der Waals surface area contributed by atoms with Crippen molar-refractivity contribution < 1.29 is 0 Å². The maximum absolute atomic E-state index is 6.24. The molecule has 1 heterocycles. The smallest absolute Gasteiger partial charge is 0.106 e. The van der Waals surface area contributed by atoms with E-state index < -0.39 is 0 Å². The zero-order chi connectivity index (χ0) is 12.3. The van der Waals surface area contributed by atoms with Crippen LogP contribution in [0.2, 0.25) is 5.02 Å². The van der Waals surface area contributed by atoms with Gasteiger partial charge in [0.2, 0.25) is 0 Å². The Kier molecular flexibility index (Phi) is 4.24. The Morgan fingerprint density at radius 3 is 3.06 bits per heavy atom. The average Bonchev–Trinajstić information content (AvgIpc) is 2.78. The highest BCUT2D eigenvalue weighted by Gasteiger charge is 2.11. The first kappa shape index (κ1) is 12.7. The van der Waals surface area contributed by atoms with Crippen LogP contribution in [-0.4, -0.2) is 11.0 Å². The Hall–Kier alpha value is -0.800. The summed E-state index contributed by atoms with van der Waals surface area (Å²) in [7, 11) is 0. The van der Waals surface area contributed by atoms with Crippen molar-refractivity contribution in [2.45, 2.75) is 39.2 Å². The molecule has 0 spiro atoms. The molecule has 0 aliphatic heterocycles. The molecule has 17 heavy (non-hydrogen) atoms. The minimum atomic E-state index is 0.430. The van der Waals surface area contributed by atoms with Crippen LogP contribution in [0, 0.1) is 0 Å². The summed E-state index contributed by atoms with van der Waals surface area (Å²) in [4.78, 5) is 4.38. The number of rotatable bonds is 5. The molecule has 92 valence electrons. The summed E-state index contributed by atoms with van der Waals surface area (Å²) in [5, 5.41) is 4.24. The van der Waals surface area contributed by atoms with Gasteiger partial charge in [0.15, 0.2) is 0 Å². The first-order valence-corrected chi connectivity index (χ1v) is 7.26. The normalized spacial score (nSPS) is 12.9. The Morgan fingerprint density at radius 1 is 1.47 bits per heavy atom. The standard InChI is InChI=1S/C13H17ClN2S/c1-3-4-5-9(2)16-12-10(14)6-7-11-13(12)15-8-17-11/h6-9,16H,3-5H2,1-2H3. The fourth-order valence-corrected chi connectivity index (χ4v) is 2.76. The highest BCUT2D eigenvalue weighted by molar-refractivity contribution is 7.16. The molecule has 0 radical (unpaired) electrons. The maximum Gasteiger partial charge on any atom is 0.106 e. The van der Waals surface area contributed by atoms with E-state index in [1.807, 2.05) is 17.6 Å². The Labute approximate surface area is 111 Å². The van der Waals surface area contributed by atoms with Crippen molar-refractivity contribution in [2.75, 3.05) is 5.32 Å². The van der Waals surface area contributed by atoms with E-state index in [0.717, 1.165) is 22.6 Å². The molecule has 0 bridgehead atoms. The molecule has 1 atom stereocenters. The van der Waals surface area contributed by atoms with Gasteiger partial charge in [0, 0.05) is 6.04 Å². The third-order valence-electron chi connectivity index (χ3n) is 2.83. The average molecular weight is 269 g/mol. The van der Waals surface area contributed by atoms with Crippen LogP contribution in [-0.2, 0) is 0 Å². The number of thiazole rings is 1. The Bertz CT molecular complexity index is 495. The third-order valence-corrected chi connectivity index (χ3v) is 3.94. The molecule has 1 unspecified atom stereocenters. The third kappa shape index (κ3) is 2.90. The Balaban J connectivity index is 2.22. The zero-order valence-electron chi connectivity index (χ0n) is 10.2. The quantitative estimate of drug-likeness (QED) is 0.831. The molecule has 0 aliphatic carbocycles. The van der Waals surface area contributed by atoms with Crippen molar-refractivity contribution in [3.05, 3.63) is 22.7 Å². The van der Waals surface area contributed by atoms with Gasteiger partial charge in [-0.3, -0.25) is 0 Å². The molecule has 2 aromatic rings. The highest BCUT2D eigenvalue weighted by atomic mass is 35.5. The summed E-state index contributed by atoms with van der Waals surface area (Å²) in [6, 6.07) is 4.40. The van der Waals surface area contributed by atoms with Gasteiger partial charge in [-0.15, -0.1) is 11.3 Å². The minimum Gasteiger partial charge on any atom is -0.380 e. The van der Waals surface area contributed by atoms with Crippen molar-refractivity contribution in [1.82, 2.24) is 4.98 Å². The lowest BCUT2D eigenvalue weighted by atomic mass is 10.1. The lowest BCUT2D eigenvalue weighted by Gasteiger charge is -2.16. The van der Waals surface area contributed by atoms with Crippen LogP contribution in [0.15, 0.2) is 17.6 Å². The fraction of sp³-hybridized carbons (Fsp3) is 0.462. The molecule has 0 amide bonds. The van der Waals surface area contributed by atoms with Gasteiger partial charge >= 0.3 is 0 Å². The molecule has 0 saturated heterocycles. The number of halogens is 1. The molecule has 4 heteroatoms. The van der Waals surface area contributed by atoms with Crippen LogP contribution < -0.4 is 5.32 Å². The van der Waals surface area contributed by atoms with E-state index in [2.05, 4.69) is 24.1 Å². The number of anilines is 1. The van der Waals surface area contributed by atoms with Gasteiger partial charge in [-0.25, -0.2) is 4.98 Å². The van der Waals surface area contributed by atoms with Gasteiger partial charge in [-0.1, -0.05) is 31.4 Å². The van der Waals surface area contributed by atoms with Crippen LogP contribution >= 0.6 is 22.9 Å². The number of unbranched alkanes of at least 4 members (excludes halogenated alkanes) is 1. The molecule has 1 N–H and O–H groups in total. The maximum atomic E-state index is 6.24. The van der Waals surface area contributed by atoms with Gasteiger partial charge in [0.05, 0.1) is 20.9 Å². The number of benzene rings is 1. The van der Waals surface area contributed by atoms with E-state index in [0.29, 0.717) is 6.04 Å². The summed E-state index contributed by atoms with van der Waals surface area (Å²) < 4.78 is 1.18. The van der Waals surface area contributed by atoms with Crippen LogP contribution in [0.25, 0.3) is 10.2 Å². The summed E-state index contributed by atoms with van der Waals surface area (Å²) in [5.41, 5.74) is 3.84. The predicted molar refractivity (Wildman–Crippen MR) is 77.2 cm³/mol. The molecule has 0 aliphatic rings. The second-order valence-corrected chi connectivity index (χ2v) is 5.60. The molecule has 1 aromatic carbocycles. The van der Waals surface area contributed by atoms with Gasteiger partial charge in [-0.05, 0) is 25.5 Å². The minimum absolute atomic E-state index is 0.430. The van der Waals surface area contributed by atoms with Crippen LogP contribution in [0.3, 0.4) is 0 Å². The summed E-state index contributed by atoms with van der Waals surface area (Å²) >= 11 is 7.89. The lowest BCUT2D eigenvalue weighted by Crippen LogP contribution is -2.15. The molecule has 2 rings (SSSR count). The number of hydrogen-bond acceptors (Lipinski definition) is 3. The largest absolute Gasteiger partial charge is 0.380 e. The van der Waals surface area contributed by atoms with Crippen LogP contribution in [0.1, 0.15) is 33.1 Å². The number of aromatic nitrogens is 1. The number of hydrogen-bond donors (Lipinski definition) is 1. The molecular formula is C13H17ClN2S. The van der Waals surface area contributed by atoms with Crippen molar-refractivity contribution in [2.24, 2.45) is 0 Å². The van der Waals surface area contributed by atoms with E-state index in [1.165, 1.54) is 17.5 Å². The highest BCUT2D eigenvalue weighted by Crippen LogP contribution is 2.32. The first-order chi connectivity index (χ1) is 8.22.